The Labute approximate surface area is 138 Å². The fourth-order valence-electron chi connectivity index (χ4n) is 2.87. The SMILES string of the molecule is O=C(O)C1=CC(c2ccccc2)n2nc(-c3ccccc3)cc2N1. The van der Waals surface area contributed by atoms with Crippen molar-refractivity contribution in [2.45, 2.75) is 6.04 Å². The summed E-state index contributed by atoms with van der Waals surface area (Å²) in [6, 6.07) is 21.2. The van der Waals surface area contributed by atoms with Gasteiger partial charge in [0.15, 0.2) is 0 Å². The van der Waals surface area contributed by atoms with Crippen molar-refractivity contribution >= 4 is 11.8 Å². The van der Waals surface area contributed by atoms with Gasteiger partial charge in [0.2, 0.25) is 0 Å². The van der Waals surface area contributed by atoms with E-state index in [4.69, 9.17) is 0 Å². The Kier molecular flexibility index (Phi) is 3.39. The minimum atomic E-state index is -0.982. The van der Waals surface area contributed by atoms with Gasteiger partial charge in [0.1, 0.15) is 11.5 Å². The fraction of sp³-hybridized carbons (Fsp3) is 0.0526. The Bertz CT molecular complexity index is 914. The zero-order valence-electron chi connectivity index (χ0n) is 12.8. The highest BCUT2D eigenvalue weighted by atomic mass is 16.4. The second-order valence-electron chi connectivity index (χ2n) is 5.59. The lowest BCUT2D eigenvalue weighted by Crippen LogP contribution is -2.23. The van der Waals surface area contributed by atoms with E-state index in [-0.39, 0.29) is 11.7 Å². The van der Waals surface area contributed by atoms with Crippen LogP contribution in [0.1, 0.15) is 11.6 Å². The number of rotatable bonds is 3. The molecule has 0 radical (unpaired) electrons. The van der Waals surface area contributed by atoms with E-state index in [1.54, 1.807) is 6.08 Å². The number of aliphatic carboxylic acids is 1. The van der Waals surface area contributed by atoms with Crippen LogP contribution in [0.4, 0.5) is 5.82 Å². The highest BCUT2D eigenvalue weighted by molar-refractivity contribution is 5.91. The lowest BCUT2D eigenvalue weighted by atomic mass is 10.0. The summed E-state index contributed by atoms with van der Waals surface area (Å²) < 4.78 is 1.82. The minimum absolute atomic E-state index is 0.163. The van der Waals surface area contributed by atoms with Crippen molar-refractivity contribution in [3.05, 3.63) is 84.1 Å². The Balaban J connectivity index is 1.83. The molecular weight excluding hydrogens is 302 g/mol. The standard InChI is InChI=1S/C19H15N3O2/c23-19(24)16-11-17(14-9-5-2-6-10-14)22-18(20-16)12-15(21-22)13-7-3-1-4-8-13/h1-12,17,20H,(H,23,24). The summed E-state index contributed by atoms with van der Waals surface area (Å²) in [7, 11) is 0. The molecule has 1 aliphatic heterocycles. The van der Waals surface area contributed by atoms with Gasteiger partial charge < -0.3 is 10.4 Å². The Morgan fingerprint density at radius 3 is 2.38 bits per heavy atom. The number of nitrogens with zero attached hydrogens (tertiary/aromatic N) is 2. The smallest absolute Gasteiger partial charge is 0.352 e. The third kappa shape index (κ3) is 2.46. The number of anilines is 1. The number of carboxylic acids is 1. The number of carbonyl (C=O) groups is 1. The van der Waals surface area contributed by atoms with Gasteiger partial charge in [-0.15, -0.1) is 0 Å². The maximum absolute atomic E-state index is 11.5. The molecule has 0 bridgehead atoms. The fourth-order valence-corrected chi connectivity index (χ4v) is 2.87. The highest BCUT2D eigenvalue weighted by Gasteiger charge is 2.26. The van der Waals surface area contributed by atoms with Crippen LogP contribution in [-0.4, -0.2) is 20.9 Å². The molecule has 1 aliphatic rings. The quantitative estimate of drug-likeness (QED) is 0.775. The first-order valence-corrected chi connectivity index (χ1v) is 7.64. The molecule has 0 fully saturated rings. The Hall–Kier alpha value is -3.34. The zero-order chi connectivity index (χ0) is 16.5. The van der Waals surface area contributed by atoms with Crippen LogP contribution in [0.3, 0.4) is 0 Å². The topological polar surface area (TPSA) is 67.1 Å². The second-order valence-corrected chi connectivity index (χ2v) is 5.59. The third-order valence-electron chi connectivity index (χ3n) is 4.03. The van der Waals surface area contributed by atoms with Gasteiger partial charge in [-0.1, -0.05) is 60.7 Å². The molecule has 0 amide bonds. The van der Waals surface area contributed by atoms with Gasteiger partial charge in [-0.25, -0.2) is 9.48 Å². The summed E-state index contributed by atoms with van der Waals surface area (Å²) >= 11 is 0. The maximum atomic E-state index is 11.5. The number of aromatic nitrogens is 2. The van der Waals surface area contributed by atoms with Crippen molar-refractivity contribution < 1.29 is 9.90 Å². The molecule has 5 heteroatoms. The summed E-state index contributed by atoms with van der Waals surface area (Å²) in [5, 5.41) is 17.0. The molecule has 1 aromatic heterocycles. The highest BCUT2D eigenvalue weighted by Crippen LogP contribution is 2.33. The molecule has 1 atom stereocenters. The summed E-state index contributed by atoms with van der Waals surface area (Å²) in [4.78, 5) is 11.5. The molecule has 3 aromatic rings. The zero-order valence-corrected chi connectivity index (χ0v) is 12.8. The number of fused-ring (bicyclic) bond motifs is 1. The lowest BCUT2D eigenvalue weighted by molar-refractivity contribution is -0.132. The maximum Gasteiger partial charge on any atom is 0.352 e. The van der Waals surface area contributed by atoms with Crippen LogP contribution in [0.5, 0.6) is 0 Å². The van der Waals surface area contributed by atoms with Crippen molar-refractivity contribution in [2.75, 3.05) is 5.32 Å². The van der Waals surface area contributed by atoms with E-state index in [0.29, 0.717) is 5.82 Å². The van der Waals surface area contributed by atoms with E-state index in [9.17, 15) is 9.90 Å². The van der Waals surface area contributed by atoms with E-state index >= 15 is 0 Å². The first kappa shape index (κ1) is 14.3. The third-order valence-corrected chi connectivity index (χ3v) is 4.03. The molecule has 118 valence electrons. The van der Waals surface area contributed by atoms with Gasteiger partial charge in [0, 0.05) is 11.6 Å². The van der Waals surface area contributed by atoms with Gasteiger partial charge in [-0.05, 0) is 11.6 Å². The molecular formula is C19H15N3O2. The van der Waals surface area contributed by atoms with Crippen molar-refractivity contribution in [2.24, 2.45) is 0 Å². The molecule has 0 saturated carbocycles. The minimum Gasteiger partial charge on any atom is -0.477 e. The monoisotopic (exact) mass is 317 g/mol. The van der Waals surface area contributed by atoms with E-state index in [0.717, 1.165) is 16.8 Å². The van der Waals surface area contributed by atoms with Gasteiger partial charge in [-0.3, -0.25) is 0 Å². The van der Waals surface area contributed by atoms with Gasteiger partial charge >= 0.3 is 5.97 Å². The number of nitrogens with one attached hydrogen (secondary N) is 1. The molecule has 4 rings (SSSR count). The average molecular weight is 317 g/mol. The van der Waals surface area contributed by atoms with E-state index < -0.39 is 5.97 Å². The first-order chi connectivity index (χ1) is 11.7. The second kappa shape index (κ2) is 5.70. The average Bonchev–Trinajstić information content (AvgIpc) is 3.06. The molecule has 1 unspecified atom stereocenters. The molecule has 2 N–H and O–H groups in total. The Morgan fingerprint density at radius 1 is 1.04 bits per heavy atom. The number of hydrogen-bond donors (Lipinski definition) is 2. The molecule has 2 aromatic carbocycles. The molecule has 5 nitrogen and oxygen atoms in total. The molecule has 0 aliphatic carbocycles. The van der Waals surface area contributed by atoms with Gasteiger partial charge in [0.05, 0.1) is 11.7 Å². The van der Waals surface area contributed by atoms with Crippen LogP contribution in [0.2, 0.25) is 0 Å². The van der Waals surface area contributed by atoms with E-state index in [2.05, 4.69) is 10.4 Å². The van der Waals surface area contributed by atoms with Crippen molar-refractivity contribution in [1.82, 2.24) is 9.78 Å². The first-order valence-electron chi connectivity index (χ1n) is 7.64. The number of carboxylic acid groups (broad SMARTS) is 1. The molecule has 0 saturated heterocycles. The number of benzene rings is 2. The molecule has 2 heterocycles. The largest absolute Gasteiger partial charge is 0.477 e. The van der Waals surface area contributed by atoms with Crippen molar-refractivity contribution in [3.63, 3.8) is 0 Å². The van der Waals surface area contributed by atoms with Crippen LogP contribution in [-0.2, 0) is 4.79 Å². The lowest BCUT2D eigenvalue weighted by Gasteiger charge is -2.23. The van der Waals surface area contributed by atoms with Crippen LogP contribution in [0, 0.1) is 0 Å². The predicted molar refractivity (Wildman–Crippen MR) is 91.6 cm³/mol. The summed E-state index contributed by atoms with van der Waals surface area (Å²) in [5.41, 5.74) is 2.95. The van der Waals surface area contributed by atoms with Crippen LogP contribution >= 0.6 is 0 Å². The Morgan fingerprint density at radius 2 is 1.71 bits per heavy atom. The predicted octanol–water partition coefficient (Wildman–Crippen LogP) is 3.53. The van der Waals surface area contributed by atoms with Crippen LogP contribution in [0.15, 0.2) is 78.5 Å². The number of allylic oxidation sites excluding steroid dienone is 1. The van der Waals surface area contributed by atoms with E-state index in [1.165, 1.54) is 0 Å². The van der Waals surface area contributed by atoms with Crippen LogP contribution in [0.25, 0.3) is 11.3 Å². The number of hydrogen-bond acceptors (Lipinski definition) is 3. The summed E-state index contributed by atoms with van der Waals surface area (Å²) in [6.45, 7) is 0. The van der Waals surface area contributed by atoms with E-state index in [1.807, 2.05) is 71.4 Å². The molecule has 24 heavy (non-hydrogen) atoms. The van der Waals surface area contributed by atoms with Gasteiger partial charge in [-0.2, -0.15) is 5.10 Å². The normalized spacial score (nSPS) is 16.0. The van der Waals surface area contributed by atoms with Crippen molar-refractivity contribution in [3.8, 4) is 11.3 Å². The molecule has 0 spiro atoms. The summed E-state index contributed by atoms with van der Waals surface area (Å²) in [5.74, 6) is -0.313. The van der Waals surface area contributed by atoms with Gasteiger partial charge in [0.25, 0.3) is 0 Å². The van der Waals surface area contributed by atoms with Crippen LogP contribution < -0.4 is 5.32 Å². The summed E-state index contributed by atoms with van der Waals surface area (Å²) in [6.07, 6.45) is 1.69. The van der Waals surface area contributed by atoms with Crippen molar-refractivity contribution in [1.29, 1.82) is 0 Å².